The number of hydrogen-bond donors (Lipinski definition) is 1. The molecule has 0 amide bonds. The van der Waals surface area contributed by atoms with Crippen molar-refractivity contribution in [1.82, 2.24) is 4.90 Å². The first-order valence-electron chi connectivity index (χ1n) is 7.24. The van der Waals surface area contributed by atoms with Crippen molar-refractivity contribution in [2.24, 2.45) is 5.41 Å². The zero-order valence-corrected chi connectivity index (χ0v) is 12.0. The van der Waals surface area contributed by atoms with Gasteiger partial charge in [-0.15, -0.1) is 0 Å². The number of likely N-dealkylation sites (tertiary alicyclic amines) is 1. The fourth-order valence-corrected chi connectivity index (χ4v) is 3.28. The Kier molecular flexibility index (Phi) is 4.46. The highest BCUT2D eigenvalue weighted by molar-refractivity contribution is 5.07. The maximum absolute atomic E-state index is 10.1. The first kappa shape index (κ1) is 14.0. The smallest absolute Gasteiger partial charge is 0.0681 e. The number of hydrogen-bond acceptors (Lipinski definition) is 3. The lowest BCUT2D eigenvalue weighted by Crippen LogP contribution is -2.62. The molecule has 0 bridgehead atoms. The van der Waals surface area contributed by atoms with Gasteiger partial charge < -0.3 is 9.84 Å². The van der Waals surface area contributed by atoms with Gasteiger partial charge in [0.05, 0.1) is 12.2 Å². The fourth-order valence-electron chi connectivity index (χ4n) is 3.28. The Morgan fingerprint density at radius 1 is 1.39 bits per heavy atom. The Bertz CT molecular complexity index is 300. The molecule has 2 atom stereocenters. The van der Waals surface area contributed by atoms with Crippen LogP contribution in [0.25, 0.3) is 0 Å². The minimum Gasteiger partial charge on any atom is -0.392 e. The molecule has 2 unspecified atom stereocenters. The van der Waals surface area contributed by atoms with Crippen molar-refractivity contribution in [3.8, 4) is 0 Å². The minimum atomic E-state index is -0.139. The van der Waals surface area contributed by atoms with E-state index in [4.69, 9.17) is 4.74 Å². The molecular formula is C15H27NO2. The second-order valence-electron chi connectivity index (χ2n) is 6.01. The molecule has 2 aliphatic rings. The SMILES string of the molecule is CCOC1CC(O)C12CCN(CC=C(C)C)CC2. The molecule has 0 radical (unpaired) electrons. The van der Waals surface area contributed by atoms with Crippen molar-refractivity contribution in [3.63, 3.8) is 0 Å². The first-order valence-corrected chi connectivity index (χ1v) is 7.24. The van der Waals surface area contributed by atoms with Crippen molar-refractivity contribution >= 4 is 0 Å². The molecule has 3 heteroatoms. The van der Waals surface area contributed by atoms with E-state index in [0.717, 1.165) is 45.5 Å². The number of rotatable bonds is 4. The third kappa shape index (κ3) is 2.63. The van der Waals surface area contributed by atoms with Gasteiger partial charge in [0, 0.05) is 25.0 Å². The molecule has 0 aromatic carbocycles. The van der Waals surface area contributed by atoms with E-state index in [1.165, 1.54) is 5.57 Å². The average Bonchev–Trinajstić information content (AvgIpc) is 2.37. The molecule has 1 aliphatic carbocycles. The Hall–Kier alpha value is -0.380. The maximum atomic E-state index is 10.1. The molecule has 2 rings (SSSR count). The summed E-state index contributed by atoms with van der Waals surface area (Å²) in [6.45, 7) is 10.3. The van der Waals surface area contributed by atoms with Gasteiger partial charge in [0.15, 0.2) is 0 Å². The van der Waals surface area contributed by atoms with Gasteiger partial charge in [-0.2, -0.15) is 0 Å². The summed E-state index contributed by atoms with van der Waals surface area (Å²) in [7, 11) is 0. The minimum absolute atomic E-state index is 0.0669. The summed E-state index contributed by atoms with van der Waals surface area (Å²) in [6.07, 6.45) is 5.43. The van der Waals surface area contributed by atoms with E-state index in [1.54, 1.807) is 0 Å². The van der Waals surface area contributed by atoms with Crippen LogP contribution < -0.4 is 0 Å². The second kappa shape index (κ2) is 5.72. The average molecular weight is 253 g/mol. The van der Waals surface area contributed by atoms with E-state index in [-0.39, 0.29) is 11.5 Å². The van der Waals surface area contributed by atoms with Gasteiger partial charge in [-0.25, -0.2) is 0 Å². The molecular weight excluding hydrogens is 226 g/mol. The van der Waals surface area contributed by atoms with Crippen molar-refractivity contribution in [2.45, 2.75) is 52.2 Å². The van der Waals surface area contributed by atoms with Gasteiger partial charge in [-0.05, 0) is 46.7 Å². The monoisotopic (exact) mass is 253 g/mol. The van der Waals surface area contributed by atoms with Crippen LogP contribution in [0.4, 0.5) is 0 Å². The summed E-state index contributed by atoms with van der Waals surface area (Å²) in [6, 6.07) is 0. The standard InChI is InChI=1S/C15H27NO2/c1-4-18-14-11-13(17)15(14)6-9-16(10-7-15)8-5-12(2)3/h5,13-14,17H,4,6-11H2,1-3H3. The van der Waals surface area contributed by atoms with E-state index in [1.807, 2.05) is 6.92 Å². The van der Waals surface area contributed by atoms with E-state index >= 15 is 0 Å². The van der Waals surface area contributed by atoms with Crippen LogP contribution in [0.5, 0.6) is 0 Å². The van der Waals surface area contributed by atoms with Crippen molar-refractivity contribution in [1.29, 1.82) is 0 Å². The van der Waals surface area contributed by atoms with E-state index in [0.29, 0.717) is 6.10 Å². The molecule has 2 fully saturated rings. The summed E-state index contributed by atoms with van der Waals surface area (Å²) in [5, 5.41) is 10.1. The van der Waals surface area contributed by atoms with Gasteiger partial charge in [-0.1, -0.05) is 11.6 Å². The van der Waals surface area contributed by atoms with Crippen LogP contribution >= 0.6 is 0 Å². The number of allylic oxidation sites excluding steroid dienone is 1. The highest BCUT2D eigenvalue weighted by Crippen LogP contribution is 2.50. The molecule has 18 heavy (non-hydrogen) atoms. The molecule has 1 saturated carbocycles. The molecule has 1 saturated heterocycles. The Labute approximate surface area is 111 Å². The summed E-state index contributed by atoms with van der Waals surface area (Å²) in [4.78, 5) is 2.48. The lowest BCUT2D eigenvalue weighted by Gasteiger charge is -2.56. The van der Waals surface area contributed by atoms with Crippen molar-refractivity contribution in [2.75, 3.05) is 26.2 Å². The van der Waals surface area contributed by atoms with Crippen LogP contribution in [0.15, 0.2) is 11.6 Å². The van der Waals surface area contributed by atoms with Crippen LogP contribution in [-0.4, -0.2) is 48.5 Å². The number of aliphatic hydroxyl groups excluding tert-OH is 1. The van der Waals surface area contributed by atoms with Crippen LogP contribution in [-0.2, 0) is 4.74 Å². The second-order valence-corrected chi connectivity index (χ2v) is 6.01. The Balaban J connectivity index is 1.87. The summed E-state index contributed by atoms with van der Waals surface area (Å²) in [5.41, 5.74) is 1.45. The third-order valence-corrected chi connectivity index (χ3v) is 4.65. The molecule has 1 heterocycles. The maximum Gasteiger partial charge on any atom is 0.0681 e. The topological polar surface area (TPSA) is 32.7 Å². The van der Waals surface area contributed by atoms with Crippen molar-refractivity contribution in [3.05, 3.63) is 11.6 Å². The lowest BCUT2D eigenvalue weighted by molar-refractivity contribution is -0.209. The Morgan fingerprint density at radius 2 is 2.06 bits per heavy atom. The molecule has 0 aromatic rings. The molecule has 104 valence electrons. The van der Waals surface area contributed by atoms with Crippen LogP contribution in [0.1, 0.15) is 40.0 Å². The largest absolute Gasteiger partial charge is 0.392 e. The lowest BCUT2D eigenvalue weighted by atomic mass is 9.58. The van der Waals surface area contributed by atoms with Gasteiger partial charge in [0.2, 0.25) is 0 Å². The number of nitrogens with zero attached hydrogens (tertiary/aromatic N) is 1. The van der Waals surface area contributed by atoms with E-state index in [9.17, 15) is 5.11 Å². The van der Waals surface area contributed by atoms with Gasteiger partial charge in [-0.3, -0.25) is 4.90 Å². The molecule has 0 aromatic heterocycles. The number of aliphatic hydroxyl groups is 1. The van der Waals surface area contributed by atoms with E-state index in [2.05, 4.69) is 24.8 Å². The summed E-state index contributed by atoms with van der Waals surface area (Å²) < 4.78 is 5.78. The van der Waals surface area contributed by atoms with Gasteiger partial charge in [0.1, 0.15) is 0 Å². The van der Waals surface area contributed by atoms with E-state index < -0.39 is 0 Å². The Morgan fingerprint density at radius 3 is 2.56 bits per heavy atom. The summed E-state index contributed by atoms with van der Waals surface area (Å²) in [5.74, 6) is 0. The molecule has 1 N–H and O–H groups in total. The molecule has 1 aliphatic heterocycles. The highest BCUT2D eigenvalue weighted by atomic mass is 16.5. The fraction of sp³-hybridized carbons (Fsp3) is 0.867. The van der Waals surface area contributed by atoms with Gasteiger partial charge in [0.25, 0.3) is 0 Å². The number of ether oxygens (including phenoxy) is 1. The normalized spacial score (nSPS) is 31.1. The molecule has 3 nitrogen and oxygen atoms in total. The number of piperidine rings is 1. The summed E-state index contributed by atoms with van der Waals surface area (Å²) >= 11 is 0. The van der Waals surface area contributed by atoms with Crippen LogP contribution in [0.2, 0.25) is 0 Å². The highest BCUT2D eigenvalue weighted by Gasteiger charge is 2.55. The zero-order valence-electron chi connectivity index (χ0n) is 12.0. The quantitative estimate of drug-likeness (QED) is 0.780. The molecule has 1 spiro atoms. The van der Waals surface area contributed by atoms with Crippen LogP contribution in [0, 0.1) is 5.41 Å². The third-order valence-electron chi connectivity index (χ3n) is 4.65. The predicted octanol–water partition coefficient (Wildman–Crippen LogP) is 2.20. The van der Waals surface area contributed by atoms with Crippen LogP contribution in [0.3, 0.4) is 0 Å². The van der Waals surface area contributed by atoms with Gasteiger partial charge >= 0.3 is 0 Å². The predicted molar refractivity (Wildman–Crippen MR) is 73.6 cm³/mol. The first-order chi connectivity index (χ1) is 8.58. The van der Waals surface area contributed by atoms with Crippen molar-refractivity contribution < 1.29 is 9.84 Å². The zero-order chi connectivity index (χ0) is 13.2.